The maximum absolute atomic E-state index is 11.8. The van der Waals surface area contributed by atoms with E-state index in [4.69, 9.17) is 9.15 Å². The number of carbonyl (C=O) groups is 2. The van der Waals surface area contributed by atoms with Crippen LogP contribution in [0.25, 0.3) is 34.4 Å². The van der Waals surface area contributed by atoms with E-state index in [1.807, 2.05) is 12.1 Å². The van der Waals surface area contributed by atoms with Crippen molar-refractivity contribution in [1.82, 2.24) is 4.98 Å². The zero-order chi connectivity index (χ0) is 22.7. The summed E-state index contributed by atoms with van der Waals surface area (Å²) in [7, 11) is 0. The number of halogens is 1. The number of nitrogens with zero attached hydrogens (tertiary/aromatic N) is 1. The number of carbonyl (C=O) groups excluding carboxylic acids is 1. The Morgan fingerprint density at radius 1 is 1.06 bits per heavy atom. The molecule has 160 valence electrons. The summed E-state index contributed by atoms with van der Waals surface area (Å²) in [5.74, 6) is -0.151. The zero-order valence-electron chi connectivity index (χ0n) is 17.0. The van der Waals surface area contributed by atoms with Crippen LogP contribution in [0, 0.1) is 0 Å². The van der Waals surface area contributed by atoms with Crippen molar-refractivity contribution in [1.29, 1.82) is 0 Å². The number of pyridine rings is 1. The minimum atomic E-state index is -1.02. The molecule has 2 aromatic heterocycles. The standard InChI is InChI=1S/C25H18BrNO5/c1-2-31-25(30)16-5-3-15(4-6-16)23-12-10-19(32-23)9-8-18-14-21(24(28)29)20-13-17(26)7-11-22(20)27-18/h3-14H,2H2,1H3,(H,28,29)/b9-8+. The predicted molar refractivity (Wildman–Crippen MR) is 125 cm³/mol. The normalized spacial score (nSPS) is 11.2. The zero-order valence-corrected chi connectivity index (χ0v) is 18.6. The second kappa shape index (κ2) is 9.20. The molecule has 2 aromatic carbocycles. The summed E-state index contributed by atoms with van der Waals surface area (Å²) >= 11 is 3.36. The minimum absolute atomic E-state index is 0.178. The lowest BCUT2D eigenvalue weighted by Gasteiger charge is -2.05. The molecule has 2 heterocycles. The van der Waals surface area contributed by atoms with Crippen molar-refractivity contribution >= 4 is 50.9 Å². The van der Waals surface area contributed by atoms with Crippen molar-refractivity contribution in [3.63, 3.8) is 0 Å². The fourth-order valence-corrected chi connectivity index (χ4v) is 3.59. The Morgan fingerprint density at radius 2 is 1.84 bits per heavy atom. The van der Waals surface area contributed by atoms with Crippen LogP contribution in [0.1, 0.15) is 39.1 Å². The summed E-state index contributed by atoms with van der Waals surface area (Å²) in [6.07, 6.45) is 3.44. The van der Waals surface area contributed by atoms with Crippen LogP contribution in [-0.2, 0) is 4.74 Å². The fraction of sp³-hybridized carbons (Fsp3) is 0.0800. The van der Waals surface area contributed by atoms with Gasteiger partial charge in [0.15, 0.2) is 0 Å². The molecule has 0 aliphatic carbocycles. The number of aromatic carboxylic acids is 1. The molecule has 0 saturated carbocycles. The van der Waals surface area contributed by atoms with E-state index in [2.05, 4.69) is 20.9 Å². The molecule has 32 heavy (non-hydrogen) atoms. The first-order valence-corrected chi connectivity index (χ1v) is 10.6. The molecule has 0 amide bonds. The Kier molecular flexibility index (Phi) is 6.18. The van der Waals surface area contributed by atoms with Gasteiger partial charge in [-0.05, 0) is 67.6 Å². The Morgan fingerprint density at radius 3 is 2.56 bits per heavy atom. The number of fused-ring (bicyclic) bond motifs is 1. The quantitative estimate of drug-likeness (QED) is 0.318. The Bertz CT molecular complexity index is 1340. The highest BCUT2D eigenvalue weighted by Crippen LogP contribution is 2.26. The summed E-state index contributed by atoms with van der Waals surface area (Å²) in [4.78, 5) is 28.0. The molecule has 1 N–H and O–H groups in total. The van der Waals surface area contributed by atoms with Gasteiger partial charge >= 0.3 is 11.9 Å². The summed E-state index contributed by atoms with van der Waals surface area (Å²) in [6.45, 7) is 2.09. The van der Waals surface area contributed by atoms with Gasteiger partial charge in [-0.3, -0.25) is 0 Å². The number of hydrogen-bond donors (Lipinski definition) is 1. The largest absolute Gasteiger partial charge is 0.478 e. The van der Waals surface area contributed by atoms with Crippen molar-refractivity contribution in [3.05, 3.63) is 87.7 Å². The first-order valence-electron chi connectivity index (χ1n) is 9.83. The molecule has 0 saturated heterocycles. The van der Waals surface area contributed by atoms with Gasteiger partial charge < -0.3 is 14.3 Å². The van der Waals surface area contributed by atoms with Crippen LogP contribution in [0.3, 0.4) is 0 Å². The average molecular weight is 492 g/mol. The summed E-state index contributed by atoms with van der Waals surface area (Å²) in [6, 6.07) is 17.5. The van der Waals surface area contributed by atoms with Gasteiger partial charge in [0.1, 0.15) is 11.5 Å². The third kappa shape index (κ3) is 4.63. The number of ether oxygens (including phenoxy) is 1. The molecule has 0 aliphatic rings. The highest BCUT2D eigenvalue weighted by atomic mass is 79.9. The highest BCUT2D eigenvalue weighted by Gasteiger charge is 2.12. The molecule has 0 bridgehead atoms. The molecule has 0 fully saturated rings. The molecule has 0 aliphatic heterocycles. The summed E-state index contributed by atoms with van der Waals surface area (Å²) in [5.41, 5.74) is 2.58. The van der Waals surface area contributed by atoms with Gasteiger partial charge in [-0.1, -0.05) is 28.1 Å². The summed E-state index contributed by atoms with van der Waals surface area (Å²) < 4.78 is 11.6. The van der Waals surface area contributed by atoms with Gasteiger partial charge in [0.2, 0.25) is 0 Å². The maximum Gasteiger partial charge on any atom is 0.338 e. The lowest BCUT2D eigenvalue weighted by atomic mass is 10.1. The van der Waals surface area contributed by atoms with Crippen molar-refractivity contribution in [2.24, 2.45) is 0 Å². The van der Waals surface area contributed by atoms with Gasteiger partial charge in [0.05, 0.1) is 28.9 Å². The number of hydrogen-bond acceptors (Lipinski definition) is 5. The SMILES string of the molecule is CCOC(=O)c1ccc(-c2ccc(/C=C/c3cc(C(=O)O)c4cc(Br)ccc4n3)o2)cc1. The van der Waals surface area contributed by atoms with E-state index in [1.54, 1.807) is 61.5 Å². The predicted octanol–water partition coefficient (Wildman–Crippen LogP) is 6.30. The van der Waals surface area contributed by atoms with E-state index in [-0.39, 0.29) is 11.5 Å². The van der Waals surface area contributed by atoms with Gasteiger partial charge in [0.25, 0.3) is 0 Å². The Labute approximate surface area is 192 Å². The smallest absolute Gasteiger partial charge is 0.338 e. The van der Waals surface area contributed by atoms with Crippen molar-refractivity contribution in [3.8, 4) is 11.3 Å². The lowest BCUT2D eigenvalue weighted by molar-refractivity contribution is 0.0526. The molecule has 0 spiro atoms. The topological polar surface area (TPSA) is 89.6 Å². The van der Waals surface area contributed by atoms with Gasteiger partial charge in [0, 0.05) is 15.4 Å². The minimum Gasteiger partial charge on any atom is -0.478 e. The molecule has 0 atom stereocenters. The van der Waals surface area contributed by atoms with Gasteiger partial charge in [-0.15, -0.1) is 0 Å². The number of carboxylic acids is 1. The number of aromatic nitrogens is 1. The molecule has 0 unspecified atom stereocenters. The Balaban J connectivity index is 1.58. The number of esters is 1. The van der Waals surface area contributed by atoms with Crippen LogP contribution in [0.15, 0.2) is 69.6 Å². The van der Waals surface area contributed by atoms with Gasteiger partial charge in [-0.2, -0.15) is 0 Å². The van der Waals surface area contributed by atoms with E-state index in [1.165, 1.54) is 6.07 Å². The molecular weight excluding hydrogens is 474 g/mol. The molecule has 4 aromatic rings. The number of furan rings is 1. The van der Waals surface area contributed by atoms with Gasteiger partial charge in [-0.25, -0.2) is 14.6 Å². The van der Waals surface area contributed by atoms with Crippen LogP contribution in [0.5, 0.6) is 0 Å². The van der Waals surface area contributed by atoms with E-state index in [0.717, 1.165) is 10.0 Å². The number of benzene rings is 2. The molecule has 6 nitrogen and oxygen atoms in total. The van der Waals surface area contributed by atoms with E-state index in [9.17, 15) is 14.7 Å². The first-order chi connectivity index (χ1) is 15.4. The van der Waals surface area contributed by atoms with Crippen molar-refractivity contribution in [2.75, 3.05) is 6.61 Å². The monoisotopic (exact) mass is 491 g/mol. The summed E-state index contributed by atoms with van der Waals surface area (Å²) in [5, 5.41) is 10.1. The van der Waals surface area contributed by atoms with Crippen LogP contribution in [0.2, 0.25) is 0 Å². The number of carboxylic acid groups (broad SMARTS) is 1. The van der Waals surface area contributed by atoms with Crippen molar-refractivity contribution < 1.29 is 23.8 Å². The highest BCUT2D eigenvalue weighted by molar-refractivity contribution is 9.10. The molecule has 4 rings (SSSR count). The fourth-order valence-electron chi connectivity index (χ4n) is 3.23. The molecular formula is C25H18BrNO5. The van der Waals surface area contributed by atoms with Crippen LogP contribution < -0.4 is 0 Å². The maximum atomic E-state index is 11.8. The van der Waals surface area contributed by atoms with E-state index < -0.39 is 5.97 Å². The van der Waals surface area contributed by atoms with Crippen molar-refractivity contribution in [2.45, 2.75) is 6.92 Å². The second-order valence-electron chi connectivity index (χ2n) is 6.89. The third-order valence-corrected chi connectivity index (χ3v) is 5.24. The molecule has 0 radical (unpaired) electrons. The Hall–Kier alpha value is -3.71. The second-order valence-corrected chi connectivity index (χ2v) is 7.81. The molecule has 7 heteroatoms. The van der Waals surface area contributed by atoms with E-state index in [0.29, 0.717) is 40.3 Å². The van der Waals surface area contributed by atoms with Crippen LogP contribution in [-0.4, -0.2) is 28.6 Å². The van der Waals surface area contributed by atoms with E-state index >= 15 is 0 Å². The van der Waals surface area contributed by atoms with Crippen LogP contribution in [0.4, 0.5) is 0 Å². The third-order valence-electron chi connectivity index (χ3n) is 4.75. The van der Waals surface area contributed by atoms with Crippen LogP contribution >= 0.6 is 15.9 Å². The number of rotatable bonds is 6. The average Bonchev–Trinajstić information content (AvgIpc) is 3.26. The first kappa shape index (κ1) is 21.5. The lowest BCUT2D eigenvalue weighted by Crippen LogP contribution is -2.03.